The number of hydrogen-bond donors (Lipinski definition) is 1. The topological polar surface area (TPSA) is 57.7 Å². The molecule has 21 heavy (non-hydrogen) atoms. The zero-order valence-corrected chi connectivity index (χ0v) is 13.7. The lowest BCUT2D eigenvalue weighted by atomic mass is 10.2. The number of aromatic amines is 1. The molecule has 0 saturated carbocycles. The number of rotatable bonds is 5. The molecule has 0 amide bonds. The second-order valence-corrected chi connectivity index (χ2v) is 6.03. The molecule has 0 fully saturated rings. The Labute approximate surface area is 133 Å². The second kappa shape index (κ2) is 7.06. The first-order chi connectivity index (χ1) is 9.74. The molecule has 0 spiro atoms. The fourth-order valence-electron chi connectivity index (χ4n) is 2.11. The van der Waals surface area contributed by atoms with Crippen LogP contribution in [0.1, 0.15) is 6.42 Å². The smallest absolute Gasteiger partial charge is 0.211 e. The van der Waals surface area contributed by atoms with Gasteiger partial charge < -0.3 is 9.88 Å². The van der Waals surface area contributed by atoms with E-state index in [1.54, 1.807) is 11.8 Å². The monoisotopic (exact) mass is 323 g/mol. The number of hydrogen-bond acceptors (Lipinski definition) is 5. The van der Waals surface area contributed by atoms with Crippen molar-refractivity contribution in [2.75, 3.05) is 26.4 Å². The van der Waals surface area contributed by atoms with Gasteiger partial charge in [-0.15, -0.1) is 22.6 Å². The number of benzene rings is 1. The van der Waals surface area contributed by atoms with Gasteiger partial charge in [0, 0.05) is 16.7 Å². The molecule has 0 aliphatic heterocycles. The molecule has 7 heteroatoms. The molecule has 1 N–H and O–H groups in total. The lowest BCUT2D eigenvalue weighted by Gasteiger charge is -2.07. The molecule has 0 radical (unpaired) electrons. The summed E-state index contributed by atoms with van der Waals surface area (Å²) >= 11 is 1.66. The Balaban J connectivity index is 0.00000161. The number of thioether (sulfide) groups is 1. The third-order valence-electron chi connectivity index (χ3n) is 3.08. The van der Waals surface area contributed by atoms with Crippen molar-refractivity contribution in [3.8, 4) is 0 Å². The van der Waals surface area contributed by atoms with E-state index >= 15 is 0 Å². The Morgan fingerprint density at radius 3 is 2.81 bits per heavy atom. The average Bonchev–Trinajstić information content (AvgIpc) is 2.81. The Hall–Kier alpha value is -1.37. The Bertz CT molecular complexity index is 728. The summed E-state index contributed by atoms with van der Waals surface area (Å²) in [5.74, 6) is 1.01. The molecule has 1 aromatic carbocycles. The van der Waals surface area contributed by atoms with Crippen molar-refractivity contribution in [3.05, 3.63) is 24.3 Å². The van der Waals surface area contributed by atoms with Crippen LogP contribution in [0.3, 0.4) is 0 Å². The third-order valence-corrected chi connectivity index (χ3v) is 4.01. The fourth-order valence-corrected chi connectivity index (χ4v) is 2.82. The average molecular weight is 324 g/mol. The fraction of sp³-hybridized carbons (Fsp3) is 0.357. The van der Waals surface area contributed by atoms with E-state index in [-0.39, 0.29) is 12.4 Å². The maximum Gasteiger partial charge on any atom is 0.211 e. The first-order valence-electron chi connectivity index (χ1n) is 6.63. The van der Waals surface area contributed by atoms with Gasteiger partial charge in [-0.05, 0) is 33.1 Å². The maximum atomic E-state index is 4.55. The van der Waals surface area contributed by atoms with Crippen LogP contribution in [-0.4, -0.2) is 51.5 Å². The Kier molecular flexibility index (Phi) is 5.39. The molecule has 0 aliphatic rings. The standard InChI is InChI=1S/C14H17N5S.ClH/c1-19(2)8-5-9-20-14-16-13-12(17-18-14)10-6-3-4-7-11(10)15-13;/h3-4,6-7H,5,8-9H2,1-2H3,(H,15,16,18);1H. The summed E-state index contributed by atoms with van der Waals surface area (Å²) in [6, 6.07) is 8.07. The largest absolute Gasteiger partial charge is 0.338 e. The minimum atomic E-state index is 0. The van der Waals surface area contributed by atoms with Crippen molar-refractivity contribution in [3.63, 3.8) is 0 Å². The highest BCUT2D eigenvalue weighted by molar-refractivity contribution is 7.99. The summed E-state index contributed by atoms with van der Waals surface area (Å²) in [6.45, 7) is 1.08. The summed E-state index contributed by atoms with van der Waals surface area (Å²) in [5, 5.41) is 10.3. The van der Waals surface area contributed by atoms with Gasteiger partial charge in [-0.25, -0.2) is 4.98 Å². The van der Waals surface area contributed by atoms with Crippen LogP contribution in [0.5, 0.6) is 0 Å². The third kappa shape index (κ3) is 3.64. The van der Waals surface area contributed by atoms with Gasteiger partial charge in [0.15, 0.2) is 5.65 Å². The van der Waals surface area contributed by atoms with Crippen LogP contribution in [0.2, 0.25) is 0 Å². The highest BCUT2D eigenvalue weighted by Crippen LogP contribution is 2.23. The van der Waals surface area contributed by atoms with Crippen LogP contribution in [-0.2, 0) is 0 Å². The molecule has 0 saturated heterocycles. The highest BCUT2D eigenvalue weighted by Gasteiger charge is 2.08. The summed E-state index contributed by atoms with van der Waals surface area (Å²) in [4.78, 5) is 10.0. The van der Waals surface area contributed by atoms with Crippen molar-refractivity contribution in [2.24, 2.45) is 0 Å². The van der Waals surface area contributed by atoms with Gasteiger partial charge in [-0.1, -0.05) is 30.0 Å². The molecular weight excluding hydrogens is 306 g/mol. The van der Waals surface area contributed by atoms with Crippen LogP contribution in [0.25, 0.3) is 22.1 Å². The molecule has 112 valence electrons. The molecule has 5 nitrogen and oxygen atoms in total. The summed E-state index contributed by atoms with van der Waals surface area (Å²) in [7, 11) is 4.17. The zero-order valence-electron chi connectivity index (χ0n) is 12.0. The number of fused-ring (bicyclic) bond motifs is 3. The predicted molar refractivity (Wildman–Crippen MR) is 90.3 cm³/mol. The molecule has 0 aliphatic carbocycles. The van der Waals surface area contributed by atoms with E-state index in [0.717, 1.165) is 45.9 Å². The van der Waals surface area contributed by atoms with Crippen molar-refractivity contribution >= 4 is 46.2 Å². The normalized spacial score (nSPS) is 11.2. The number of nitrogens with one attached hydrogen (secondary N) is 1. The highest BCUT2D eigenvalue weighted by atomic mass is 35.5. The minimum absolute atomic E-state index is 0. The Morgan fingerprint density at radius 2 is 2.00 bits per heavy atom. The lowest BCUT2D eigenvalue weighted by molar-refractivity contribution is 0.410. The van der Waals surface area contributed by atoms with Crippen LogP contribution < -0.4 is 0 Å². The zero-order chi connectivity index (χ0) is 13.9. The summed E-state index contributed by atoms with van der Waals surface area (Å²) in [6.07, 6.45) is 1.12. The van der Waals surface area contributed by atoms with Gasteiger partial charge in [-0.3, -0.25) is 0 Å². The molecule has 0 bridgehead atoms. The SMILES string of the molecule is CN(C)CCCSc1nnc2c(n1)[nH]c1ccccc12.Cl. The number of H-pyrrole nitrogens is 1. The minimum Gasteiger partial charge on any atom is -0.338 e. The molecule has 2 heterocycles. The molecule has 3 aromatic rings. The van der Waals surface area contributed by atoms with E-state index in [0.29, 0.717) is 0 Å². The molecular formula is C14H18ClN5S. The Morgan fingerprint density at radius 1 is 1.19 bits per heavy atom. The van der Waals surface area contributed by atoms with Crippen LogP contribution in [0, 0.1) is 0 Å². The van der Waals surface area contributed by atoms with Crippen LogP contribution in [0.4, 0.5) is 0 Å². The van der Waals surface area contributed by atoms with Crippen molar-refractivity contribution in [2.45, 2.75) is 11.6 Å². The van der Waals surface area contributed by atoms with Crippen LogP contribution in [0.15, 0.2) is 29.4 Å². The molecule has 0 unspecified atom stereocenters. The molecule has 0 atom stereocenters. The first-order valence-corrected chi connectivity index (χ1v) is 7.61. The maximum absolute atomic E-state index is 4.55. The van der Waals surface area contributed by atoms with Gasteiger partial charge >= 0.3 is 0 Å². The molecule has 2 aromatic heterocycles. The number of aromatic nitrogens is 4. The number of halogens is 1. The van der Waals surface area contributed by atoms with E-state index in [1.807, 2.05) is 24.3 Å². The first kappa shape index (κ1) is 16.0. The van der Waals surface area contributed by atoms with Gasteiger partial charge in [-0.2, -0.15) is 0 Å². The summed E-state index contributed by atoms with van der Waals surface area (Å²) < 4.78 is 0. The lowest BCUT2D eigenvalue weighted by Crippen LogP contribution is -2.13. The van der Waals surface area contributed by atoms with Gasteiger partial charge in [0.05, 0.1) is 0 Å². The van der Waals surface area contributed by atoms with Gasteiger partial charge in [0.25, 0.3) is 0 Å². The van der Waals surface area contributed by atoms with Crippen molar-refractivity contribution in [1.29, 1.82) is 0 Å². The van der Waals surface area contributed by atoms with E-state index in [2.05, 4.69) is 39.2 Å². The van der Waals surface area contributed by atoms with Gasteiger partial charge in [0.2, 0.25) is 5.16 Å². The van der Waals surface area contributed by atoms with Crippen LogP contribution >= 0.6 is 24.2 Å². The quantitative estimate of drug-likeness (QED) is 0.578. The van der Waals surface area contributed by atoms with E-state index in [4.69, 9.17) is 0 Å². The van der Waals surface area contributed by atoms with Crippen molar-refractivity contribution < 1.29 is 0 Å². The number of nitrogens with zero attached hydrogens (tertiary/aromatic N) is 4. The summed E-state index contributed by atoms with van der Waals surface area (Å²) in [5.41, 5.74) is 2.72. The van der Waals surface area contributed by atoms with E-state index in [9.17, 15) is 0 Å². The van der Waals surface area contributed by atoms with Crippen molar-refractivity contribution in [1.82, 2.24) is 25.1 Å². The predicted octanol–water partition coefficient (Wildman–Crippen LogP) is 2.97. The van der Waals surface area contributed by atoms with E-state index < -0.39 is 0 Å². The number of para-hydroxylation sites is 1. The second-order valence-electron chi connectivity index (χ2n) is 4.97. The van der Waals surface area contributed by atoms with Gasteiger partial charge in [0.1, 0.15) is 5.52 Å². The molecule has 3 rings (SSSR count). The van der Waals surface area contributed by atoms with E-state index in [1.165, 1.54) is 0 Å².